The SMILES string of the molecule is CCCCSC(C)C(=O)NC1(CC(=O)O)CCCC1. The Hall–Kier alpha value is -0.710. The second kappa shape index (κ2) is 7.78. The summed E-state index contributed by atoms with van der Waals surface area (Å²) in [7, 11) is 0. The number of unbranched alkanes of at least 4 members (excludes halogenated alkanes) is 1. The van der Waals surface area contributed by atoms with E-state index in [1.807, 2.05) is 6.92 Å². The predicted octanol–water partition coefficient (Wildman–Crippen LogP) is 2.81. The van der Waals surface area contributed by atoms with Gasteiger partial charge in [-0.3, -0.25) is 9.59 Å². The summed E-state index contributed by atoms with van der Waals surface area (Å²) in [4.78, 5) is 23.1. The van der Waals surface area contributed by atoms with E-state index in [1.165, 1.54) is 0 Å². The fourth-order valence-corrected chi connectivity index (χ4v) is 3.55. The Morgan fingerprint density at radius 1 is 1.37 bits per heavy atom. The minimum Gasteiger partial charge on any atom is -0.481 e. The van der Waals surface area contributed by atoms with Gasteiger partial charge in [-0.1, -0.05) is 26.2 Å². The van der Waals surface area contributed by atoms with Crippen LogP contribution in [0.15, 0.2) is 0 Å². The second-order valence-corrected chi connectivity index (χ2v) is 6.86. The molecule has 1 amide bonds. The minimum atomic E-state index is -0.825. The van der Waals surface area contributed by atoms with E-state index in [-0.39, 0.29) is 17.6 Å². The van der Waals surface area contributed by atoms with Gasteiger partial charge in [0.2, 0.25) is 5.91 Å². The summed E-state index contributed by atoms with van der Waals surface area (Å²) in [6, 6.07) is 0. The summed E-state index contributed by atoms with van der Waals surface area (Å²) in [5.41, 5.74) is -0.498. The molecule has 1 unspecified atom stereocenters. The van der Waals surface area contributed by atoms with Crippen molar-refractivity contribution in [1.29, 1.82) is 0 Å². The lowest BCUT2D eigenvalue weighted by Gasteiger charge is -2.30. The number of carboxylic acids is 1. The molecule has 1 fully saturated rings. The van der Waals surface area contributed by atoms with E-state index in [4.69, 9.17) is 5.11 Å². The van der Waals surface area contributed by atoms with Crippen LogP contribution in [0.3, 0.4) is 0 Å². The smallest absolute Gasteiger partial charge is 0.305 e. The van der Waals surface area contributed by atoms with E-state index in [2.05, 4.69) is 12.2 Å². The third kappa shape index (κ3) is 5.43. The van der Waals surface area contributed by atoms with E-state index < -0.39 is 11.5 Å². The van der Waals surface area contributed by atoms with Crippen LogP contribution in [0.2, 0.25) is 0 Å². The molecule has 5 heteroatoms. The summed E-state index contributed by atoms with van der Waals surface area (Å²) < 4.78 is 0. The fourth-order valence-electron chi connectivity index (χ4n) is 2.53. The molecule has 19 heavy (non-hydrogen) atoms. The molecule has 1 aliphatic rings. The Balaban J connectivity index is 2.49. The summed E-state index contributed by atoms with van der Waals surface area (Å²) in [5.74, 6) is 0.148. The van der Waals surface area contributed by atoms with Crippen molar-refractivity contribution in [2.75, 3.05) is 5.75 Å². The first kappa shape index (κ1) is 16.3. The molecular formula is C14H25NO3S. The third-order valence-corrected chi connectivity index (χ3v) is 4.91. The lowest BCUT2D eigenvalue weighted by Crippen LogP contribution is -2.50. The van der Waals surface area contributed by atoms with Gasteiger partial charge in [-0.05, 0) is 31.9 Å². The average molecular weight is 287 g/mol. The zero-order valence-corrected chi connectivity index (χ0v) is 12.7. The van der Waals surface area contributed by atoms with Crippen molar-refractivity contribution >= 4 is 23.6 Å². The van der Waals surface area contributed by atoms with Gasteiger partial charge in [-0.25, -0.2) is 0 Å². The molecule has 1 atom stereocenters. The summed E-state index contributed by atoms with van der Waals surface area (Å²) in [6.45, 7) is 4.03. The van der Waals surface area contributed by atoms with Gasteiger partial charge < -0.3 is 10.4 Å². The van der Waals surface area contributed by atoms with Crippen LogP contribution in [0.4, 0.5) is 0 Å². The standard InChI is InChI=1S/C14H25NO3S/c1-3-4-9-19-11(2)13(18)15-14(10-12(16)17)7-5-6-8-14/h11H,3-10H2,1-2H3,(H,15,18)(H,16,17). The zero-order valence-electron chi connectivity index (χ0n) is 11.9. The monoisotopic (exact) mass is 287 g/mol. The van der Waals surface area contributed by atoms with Crippen molar-refractivity contribution in [1.82, 2.24) is 5.32 Å². The molecule has 2 N–H and O–H groups in total. The molecule has 1 rings (SSSR count). The molecule has 0 aliphatic heterocycles. The maximum Gasteiger partial charge on any atom is 0.305 e. The third-order valence-electron chi connectivity index (χ3n) is 3.67. The van der Waals surface area contributed by atoms with E-state index in [9.17, 15) is 9.59 Å². The van der Waals surface area contributed by atoms with Crippen LogP contribution in [0.25, 0.3) is 0 Å². The van der Waals surface area contributed by atoms with Crippen molar-refractivity contribution in [2.24, 2.45) is 0 Å². The highest BCUT2D eigenvalue weighted by molar-refractivity contribution is 8.00. The highest BCUT2D eigenvalue weighted by Gasteiger charge is 2.38. The molecule has 0 aromatic carbocycles. The number of aliphatic carboxylic acids is 1. The van der Waals surface area contributed by atoms with Crippen LogP contribution in [0, 0.1) is 0 Å². The number of carboxylic acid groups (broad SMARTS) is 1. The van der Waals surface area contributed by atoms with E-state index in [0.717, 1.165) is 44.3 Å². The molecule has 1 aliphatic carbocycles. The number of rotatable bonds is 8. The number of nitrogens with one attached hydrogen (secondary N) is 1. The number of carbonyl (C=O) groups is 2. The highest BCUT2D eigenvalue weighted by atomic mass is 32.2. The Bertz CT molecular complexity index is 314. The lowest BCUT2D eigenvalue weighted by atomic mass is 9.93. The van der Waals surface area contributed by atoms with Gasteiger partial charge in [-0.2, -0.15) is 0 Å². The number of amides is 1. The van der Waals surface area contributed by atoms with Crippen molar-refractivity contribution in [3.05, 3.63) is 0 Å². The van der Waals surface area contributed by atoms with E-state index >= 15 is 0 Å². The Kier molecular flexibility index (Phi) is 6.69. The maximum absolute atomic E-state index is 12.2. The quantitative estimate of drug-likeness (QED) is 0.674. The Morgan fingerprint density at radius 3 is 2.53 bits per heavy atom. The predicted molar refractivity (Wildman–Crippen MR) is 78.4 cm³/mol. The van der Waals surface area contributed by atoms with Crippen molar-refractivity contribution in [3.8, 4) is 0 Å². The molecule has 0 aromatic heterocycles. The van der Waals surface area contributed by atoms with Crippen molar-refractivity contribution in [3.63, 3.8) is 0 Å². The van der Waals surface area contributed by atoms with Crippen LogP contribution in [0.5, 0.6) is 0 Å². The van der Waals surface area contributed by atoms with Crippen LogP contribution in [-0.2, 0) is 9.59 Å². The first-order valence-corrected chi connectivity index (χ1v) is 8.19. The van der Waals surface area contributed by atoms with Gasteiger partial charge in [0, 0.05) is 0 Å². The first-order valence-electron chi connectivity index (χ1n) is 7.14. The van der Waals surface area contributed by atoms with Crippen LogP contribution >= 0.6 is 11.8 Å². The molecule has 110 valence electrons. The minimum absolute atomic E-state index is 0.00995. The second-order valence-electron chi connectivity index (χ2n) is 5.41. The van der Waals surface area contributed by atoms with Gasteiger partial charge >= 0.3 is 5.97 Å². The molecule has 1 saturated carbocycles. The van der Waals surface area contributed by atoms with Crippen LogP contribution in [-0.4, -0.2) is 33.5 Å². The highest BCUT2D eigenvalue weighted by Crippen LogP contribution is 2.33. The van der Waals surface area contributed by atoms with Crippen molar-refractivity contribution in [2.45, 2.75) is 69.6 Å². The Labute approximate surface area is 119 Å². The average Bonchev–Trinajstić information content (AvgIpc) is 2.76. The molecular weight excluding hydrogens is 262 g/mol. The fraction of sp³-hybridized carbons (Fsp3) is 0.857. The normalized spacial score (nSPS) is 19.1. The molecule has 0 aromatic rings. The first-order chi connectivity index (χ1) is 8.99. The van der Waals surface area contributed by atoms with E-state index in [1.54, 1.807) is 11.8 Å². The number of thioether (sulfide) groups is 1. The van der Waals surface area contributed by atoms with Gasteiger partial charge in [0.05, 0.1) is 17.2 Å². The molecule has 0 saturated heterocycles. The van der Waals surface area contributed by atoms with Crippen molar-refractivity contribution < 1.29 is 14.7 Å². The summed E-state index contributed by atoms with van der Waals surface area (Å²) in [6.07, 6.45) is 5.88. The number of carbonyl (C=O) groups excluding carboxylic acids is 1. The molecule has 0 spiro atoms. The maximum atomic E-state index is 12.2. The number of hydrogen-bond acceptors (Lipinski definition) is 3. The molecule has 0 radical (unpaired) electrons. The van der Waals surface area contributed by atoms with Gasteiger partial charge in [-0.15, -0.1) is 11.8 Å². The summed E-state index contributed by atoms with van der Waals surface area (Å²) >= 11 is 1.65. The van der Waals surface area contributed by atoms with Gasteiger partial charge in [0.25, 0.3) is 0 Å². The molecule has 4 nitrogen and oxygen atoms in total. The van der Waals surface area contributed by atoms with Crippen LogP contribution in [0.1, 0.15) is 58.8 Å². The molecule has 0 bridgehead atoms. The summed E-state index contributed by atoms with van der Waals surface area (Å²) in [5, 5.41) is 11.9. The Morgan fingerprint density at radius 2 is 2.00 bits per heavy atom. The topological polar surface area (TPSA) is 66.4 Å². The van der Waals surface area contributed by atoms with E-state index in [0.29, 0.717) is 0 Å². The largest absolute Gasteiger partial charge is 0.481 e. The van der Waals surface area contributed by atoms with Gasteiger partial charge in [0.1, 0.15) is 0 Å². The lowest BCUT2D eigenvalue weighted by molar-refractivity contribution is -0.139. The van der Waals surface area contributed by atoms with Gasteiger partial charge in [0.15, 0.2) is 0 Å². The van der Waals surface area contributed by atoms with Crippen LogP contribution < -0.4 is 5.32 Å². The zero-order chi connectivity index (χ0) is 14.3. The molecule has 0 heterocycles. The number of hydrogen-bond donors (Lipinski definition) is 2.